The van der Waals surface area contributed by atoms with E-state index in [0.717, 1.165) is 14.7 Å². The number of aliphatic hydroxyl groups excluding tert-OH is 1. The van der Waals surface area contributed by atoms with E-state index in [2.05, 4.69) is 27.6 Å². The van der Waals surface area contributed by atoms with Gasteiger partial charge in [0.15, 0.2) is 0 Å². The number of carbonyl (C=O) groups is 1. The van der Waals surface area contributed by atoms with Crippen molar-refractivity contribution < 1.29 is 23.8 Å². The summed E-state index contributed by atoms with van der Waals surface area (Å²) in [5.74, 6) is -0.371. The first-order chi connectivity index (χ1) is 16.9. The number of halogens is 2. The Hall–Kier alpha value is -3.11. The molecule has 178 valence electrons. The summed E-state index contributed by atoms with van der Waals surface area (Å²) in [6, 6.07) is 21.0. The maximum Gasteiger partial charge on any atom is 0.344 e. The van der Waals surface area contributed by atoms with E-state index < -0.39 is 5.97 Å². The minimum atomic E-state index is -0.616. The van der Waals surface area contributed by atoms with Crippen LogP contribution in [0.3, 0.4) is 0 Å². The summed E-state index contributed by atoms with van der Waals surface area (Å²) in [6.07, 6.45) is 1.79. The van der Waals surface area contributed by atoms with E-state index in [1.807, 2.05) is 48.5 Å². The molecule has 3 aromatic carbocycles. The maximum absolute atomic E-state index is 13.1. The third-order valence-corrected chi connectivity index (χ3v) is 6.78. The van der Waals surface area contributed by atoms with Crippen molar-refractivity contribution in [2.24, 2.45) is 4.99 Å². The van der Waals surface area contributed by atoms with Gasteiger partial charge in [-0.3, -0.25) is 0 Å². The van der Waals surface area contributed by atoms with Gasteiger partial charge in [0.2, 0.25) is 0 Å². The van der Waals surface area contributed by atoms with Gasteiger partial charge in [0, 0.05) is 0 Å². The molecule has 35 heavy (non-hydrogen) atoms. The van der Waals surface area contributed by atoms with Gasteiger partial charge in [-0.05, 0) is 83.1 Å². The first-order valence-corrected chi connectivity index (χ1v) is 12.7. The summed E-state index contributed by atoms with van der Waals surface area (Å²) in [5.41, 5.74) is 2.41. The van der Waals surface area contributed by atoms with Crippen molar-refractivity contribution in [1.82, 2.24) is 0 Å². The van der Waals surface area contributed by atoms with Crippen LogP contribution in [0.15, 0.2) is 94.0 Å². The number of hydrogen-bond acceptors (Lipinski definition) is 6. The molecule has 0 radical (unpaired) electrons. The average Bonchev–Trinajstić information content (AvgIpc) is 3.14. The Morgan fingerprint density at radius 1 is 1.11 bits per heavy atom. The molecule has 8 heteroatoms. The Labute approximate surface area is 220 Å². The van der Waals surface area contributed by atoms with Gasteiger partial charge in [-0.1, -0.05) is 48.2 Å². The van der Waals surface area contributed by atoms with Crippen LogP contribution in [0.25, 0.3) is 6.08 Å². The molecule has 0 spiro atoms. The van der Waals surface area contributed by atoms with Crippen LogP contribution in [0, 0.1) is 9.39 Å². The zero-order chi connectivity index (χ0) is 24.8. The first-order valence-electron chi connectivity index (χ1n) is 10.8. The second-order valence-corrected chi connectivity index (χ2v) is 9.61. The molecule has 1 N–H and O–H groups in total. The highest BCUT2D eigenvalue weighted by atomic mass is 127. The fourth-order valence-electron chi connectivity index (χ4n) is 3.23. The fraction of sp³-hybridized carbons (Fsp3) is 0.111. The molecule has 0 amide bonds. The van der Waals surface area contributed by atoms with Crippen molar-refractivity contribution in [1.29, 1.82) is 0 Å². The first kappa shape index (κ1) is 25.0. The second kappa shape index (κ2) is 11.5. The molecular formula is C27H21FINO4S. The lowest BCUT2D eigenvalue weighted by atomic mass is 10.1. The summed E-state index contributed by atoms with van der Waals surface area (Å²) in [7, 11) is 0. The molecule has 1 aliphatic rings. The Morgan fingerprint density at radius 2 is 1.86 bits per heavy atom. The van der Waals surface area contributed by atoms with Crippen molar-refractivity contribution >= 4 is 57.1 Å². The molecule has 0 fully saturated rings. The smallest absolute Gasteiger partial charge is 0.344 e. The van der Waals surface area contributed by atoms with E-state index in [4.69, 9.17) is 9.47 Å². The SMILES string of the molecule is CCOC(=O)C1=C(O)/C(=C/c2ccc(OCc3ccc(F)cc3)c(I)c2)SC1=Nc1ccccc1. The van der Waals surface area contributed by atoms with E-state index in [1.54, 1.807) is 25.1 Å². The number of carbonyl (C=O) groups excluding carboxylic acids is 1. The molecule has 1 heterocycles. The number of benzene rings is 3. The van der Waals surface area contributed by atoms with Crippen LogP contribution in [0.4, 0.5) is 10.1 Å². The summed E-state index contributed by atoms with van der Waals surface area (Å²) in [5, 5.41) is 11.2. The zero-order valence-corrected chi connectivity index (χ0v) is 21.7. The number of esters is 1. The molecule has 0 bridgehead atoms. The molecule has 4 rings (SSSR count). The predicted octanol–water partition coefficient (Wildman–Crippen LogP) is 7.20. The van der Waals surface area contributed by atoms with Crippen LogP contribution in [0.2, 0.25) is 0 Å². The third kappa shape index (κ3) is 6.32. The molecule has 0 atom stereocenters. The Morgan fingerprint density at radius 3 is 2.54 bits per heavy atom. The Kier molecular flexibility index (Phi) is 8.25. The Bertz CT molecular complexity index is 1320. The molecule has 0 saturated carbocycles. The van der Waals surface area contributed by atoms with Gasteiger partial charge in [-0.15, -0.1) is 0 Å². The Balaban J connectivity index is 1.58. The fourth-order valence-corrected chi connectivity index (χ4v) is 4.96. The lowest BCUT2D eigenvalue weighted by Crippen LogP contribution is -2.12. The highest BCUT2D eigenvalue weighted by Gasteiger charge is 2.33. The number of aliphatic hydroxyl groups is 1. The highest BCUT2D eigenvalue weighted by molar-refractivity contribution is 14.1. The van der Waals surface area contributed by atoms with Gasteiger partial charge in [0.25, 0.3) is 0 Å². The van der Waals surface area contributed by atoms with Crippen LogP contribution in [0.1, 0.15) is 18.1 Å². The molecule has 1 aliphatic heterocycles. The minimum Gasteiger partial charge on any atom is -0.506 e. The molecule has 3 aromatic rings. The molecule has 0 aliphatic carbocycles. The van der Waals surface area contributed by atoms with Crippen LogP contribution in [0.5, 0.6) is 5.75 Å². The second-order valence-electron chi connectivity index (χ2n) is 7.41. The van der Waals surface area contributed by atoms with Crippen molar-refractivity contribution in [3.8, 4) is 5.75 Å². The minimum absolute atomic E-state index is 0.0564. The quantitative estimate of drug-likeness (QED) is 0.229. The van der Waals surface area contributed by atoms with E-state index in [9.17, 15) is 14.3 Å². The van der Waals surface area contributed by atoms with Crippen LogP contribution in [-0.4, -0.2) is 22.7 Å². The number of hydrogen-bond donors (Lipinski definition) is 1. The third-order valence-electron chi connectivity index (χ3n) is 4.92. The number of rotatable bonds is 7. The van der Waals surface area contributed by atoms with Gasteiger partial charge in [-0.2, -0.15) is 0 Å². The zero-order valence-electron chi connectivity index (χ0n) is 18.7. The van der Waals surface area contributed by atoms with Crippen molar-refractivity contribution in [2.75, 3.05) is 6.61 Å². The molecule has 0 aromatic heterocycles. The maximum atomic E-state index is 13.1. The van der Waals surface area contributed by atoms with Crippen molar-refractivity contribution in [2.45, 2.75) is 13.5 Å². The summed E-state index contributed by atoms with van der Waals surface area (Å²) < 4.78 is 25.0. The highest BCUT2D eigenvalue weighted by Crippen LogP contribution is 2.40. The van der Waals surface area contributed by atoms with E-state index in [1.165, 1.54) is 23.9 Å². The molecule has 5 nitrogen and oxygen atoms in total. The van der Waals surface area contributed by atoms with Gasteiger partial charge in [0.1, 0.15) is 34.5 Å². The predicted molar refractivity (Wildman–Crippen MR) is 145 cm³/mol. The topological polar surface area (TPSA) is 68.1 Å². The lowest BCUT2D eigenvalue weighted by Gasteiger charge is -2.09. The van der Waals surface area contributed by atoms with E-state index in [0.29, 0.717) is 28.0 Å². The number of nitrogens with zero attached hydrogens (tertiary/aromatic N) is 1. The number of para-hydroxylation sites is 1. The van der Waals surface area contributed by atoms with Crippen LogP contribution in [-0.2, 0) is 16.1 Å². The summed E-state index contributed by atoms with van der Waals surface area (Å²) >= 11 is 3.39. The number of ether oxygens (including phenoxy) is 2. The largest absolute Gasteiger partial charge is 0.506 e. The van der Waals surface area contributed by atoms with Crippen molar-refractivity contribution in [3.05, 3.63) is 110 Å². The summed E-state index contributed by atoms with van der Waals surface area (Å²) in [4.78, 5) is 17.6. The van der Waals surface area contributed by atoms with Crippen LogP contribution < -0.4 is 4.74 Å². The monoisotopic (exact) mass is 601 g/mol. The normalized spacial score (nSPS) is 15.6. The van der Waals surface area contributed by atoms with E-state index >= 15 is 0 Å². The van der Waals surface area contributed by atoms with E-state index in [-0.39, 0.29) is 23.8 Å². The van der Waals surface area contributed by atoms with Crippen molar-refractivity contribution in [3.63, 3.8) is 0 Å². The molecular weight excluding hydrogens is 580 g/mol. The number of aliphatic imine (C=N–C) groups is 1. The van der Waals surface area contributed by atoms with Crippen LogP contribution >= 0.6 is 34.4 Å². The molecule has 0 unspecified atom stereocenters. The standard InChI is InChI=1S/C27H21FINO4S/c1-2-33-27(32)24-25(31)23(35-26(24)30-20-6-4-3-5-7-20)15-18-10-13-22(21(29)14-18)34-16-17-8-11-19(28)12-9-17/h3-15,31H,2,16H2,1H3/b23-15-,30-26?. The lowest BCUT2D eigenvalue weighted by molar-refractivity contribution is -0.138. The van der Waals surface area contributed by atoms with Gasteiger partial charge >= 0.3 is 5.97 Å². The van der Waals surface area contributed by atoms with Gasteiger partial charge in [0.05, 0.1) is 20.8 Å². The summed E-state index contributed by atoms with van der Waals surface area (Å²) in [6.45, 7) is 2.22. The van der Waals surface area contributed by atoms with Gasteiger partial charge < -0.3 is 14.6 Å². The number of thioether (sulfide) groups is 1. The molecule has 0 saturated heterocycles. The van der Waals surface area contributed by atoms with Gasteiger partial charge in [-0.25, -0.2) is 14.2 Å². The average molecular weight is 601 g/mol.